The molecular weight excluding hydrogens is 889 g/mol. The molecule has 336 valence electrons. The Bertz CT molecular complexity index is 4290. The van der Waals surface area contributed by atoms with Crippen LogP contribution >= 0.6 is 11.3 Å². The molecule has 72 heavy (non-hydrogen) atoms. The number of fused-ring (bicyclic) bond motifs is 15. The van der Waals surface area contributed by atoms with Crippen molar-refractivity contribution in [2.75, 3.05) is 9.80 Å². The third-order valence-corrected chi connectivity index (χ3v) is 16.5. The van der Waals surface area contributed by atoms with E-state index in [-0.39, 0.29) is 0 Å². The summed E-state index contributed by atoms with van der Waals surface area (Å²) in [6.07, 6.45) is 0. The standard InChI is InChI=1S/C69H44N2S/c1-3-19-46(20-4-1)59-41-48-22-9-10-23-49(48)42-65(59)71(51-35-34-45-18-7-8-21-47(45)40-51)53-37-39-57-55-27-12-15-30-61(55)69(63(57)44-53)60-29-14-11-26-54(60)56-38-36-52(43-62(56)69)70(50-24-5-2-6-25-50)64-31-17-33-67-68(64)58-28-13-16-32-66(58)72-67/h1-44H. The van der Waals surface area contributed by atoms with E-state index in [1.165, 1.54) is 103 Å². The molecule has 0 bridgehead atoms. The van der Waals surface area contributed by atoms with Gasteiger partial charge in [-0.15, -0.1) is 11.3 Å². The minimum Gasteiger partial charge on any atom is -0.310 e. The summed E-state index contributed by atoms with van der Waals surface area (Å²) in [7, 11) is 0. The predicted octanol–water partition coefficient (Wildman–Crippen LogP) is 19.3. The van der Waals surface area contributed by atoms with Gasteiger partial charge < -0.3 is 9.80 Å². The zero-order valence-corrected chi connectivity index (χ0v) is 40.0. The highest BCUT2D eigenvalue weighted by Gasteiger charge is 2.52. The zero-order chi connectivity index (χ0) is 47.3. The molecule has 1 aromatic heterocycles. The lowest BCUT2D eigenvalue weighted by molar-refractivity contribution is 0.793. The Balaban J connectivity index is 1.01. The molecule has 0 amide bonds. The lowest BCUT2D eigenvalue weighted by Crippen LogP contribution is -2.26. The SMILES string of the molecule is c1ccc(-c2cc3ccccc3cc2N(c2ccc3c(c2)C2(c4ccccc4-3)c3ccccc3-c3ccc(N(c4ccccc4)c4cccc5sc6ccccc6c45)cc32)c2ccc3ccccc3c2)cc1. The van der Waals surface area contributed by atoms with Gasteiger partial charge >= 0.3 is 0 Å². The first kappa shape index (κ1) is 40.8. The van der Waals surface area contributed by atoms with Crippen molar-refractivity contribution in [2.24, 2.45) is 0 Å². The van der Waals surface area contributed by atoms with Gasteiger partial charge in [-0.05, 0) is 150 Å². The number of benzene rings is 12. The average molecular weight is 933 g/mol. The minimum atomic E-state index is -0.617. The van der Waals surface area contributed by atoms with Crippen molar-refractivity contribution in [2.45, 2.75) is 5.41 Å². The van der Waals surface area contributed by atoms with Gasteiger partial charge in [-0.3, -0.25) is 0 Å². The van der Waals surface area contributed by atoms with Crippen LogP contribution in [0, 0.1) is 0 Å². The number of nitrogens with zero attached hydrogens (tertiary/aromatic N) is 2. The van der Waals surface area contributed by atoms with Gasteiger partial charge in [0.2, 0.25) is 0 Å². The van der Waals surface area contributed by atoms with Crippen LogP contribution in [0.15, 0.2) is 267 Å². The normalized spacial score (nSPS) is 14.2. The Kier molecular flexibility index (Phi) is 9.08. The number of para-hydroxylation sites is 1. The third kappa shape index (κ3) is 6.01. The van der Waals surface area contributed by atoms with Crippen molar-refractivity contribution in [1.29, 1.82) is 0 Å². The monoisotopic (exact) mass is 932 g/mol. The molecule has 1 atom stereocenters. The lowest BCUT2D eigenvalue weighted by Gasteiger charge is -2.34. The van der Waals surface area contributed by atoms with Crippen LogP contribution in [0.25, 0.3) is 75.1 Å². The summed E-state index contributed by atoms with van der Waals surface area (Å²) >= 11 is 1.87. The van der Waals surface area contributed by atoms with E-state index in [9.17, 15) is 0 Å². The molecule has 3 heteroatoms. The number of thiophene rings is 1. The van der Waals surface area contributed by atoms with E-state index >= 15 is 0 Å². The Hall–Kier alpha value is -9.02. The first-order chi connectivity index (χ1) is 35.7. The van der Waals surface area contributed by atoms with Crippen LogP contribution in [0.2, 0.25) is 0 Å². The molecule has 0 N–H and O–H groups in total. The summed E-state index contributed by atoms with van der Waals surface area (Å²) in [6, 6.07) is 99.5. The molecule has 0 fully saturated rings. The first-order valence-corrected chi connectivity index (χ1v) is 25.6. The fourth-order valence-corrected chi connectivity index (χ4v) is 13.5. The number of hydrogen-bond acceptors (Lipinski definition) is 3. The molecular formula is C69H44N2S. The maximum atomic E-state index is 2.53. The number of hydrogen-bond donors (Lipinski definition) is 0. The van der Waals surface area contributed by atoms with Crippen molar-refractivity contribution in [1.82, 2.24) is 0 Å². The van der Waals surface area contributed by atoms with Crippen molar-refractivity contribution in [3.63, 3.8) is 0 Å². The number of rotatable bonds is 7. The topological polar surface area (TPSA) is 6.48 Å². The molecule has 0 saturated heterocycles. The molecule has 15 rings (SSSR count). The Morgan fingerprint density at radius 3 is 1.47 bits per heavy atom. The molecule has 2 aliphatic rings. The van der Waals surface area contributed by atoms with Gasteiger partial charge in [0.25, 0.3) is 0 Å². The molecule has 1 unspecified atom stereocenters. The van der Waals surface area contributed by atoms with Crippen LogP contribution in [0.4, 0.5) is 34.1 Å². The zero-order valence-electron chi connectivity index (χ0n) is 39.2. The van der Waals surface area contributed by atoms with Crippen molar-refractivity contribution in [3.05, 3.63) is 289 Å². The van der Waals surface area contributed by atoms with Crippen LogP contribution in [-0.4, -0.2) is 0 Å². The van der Waals surface area contributed by atoms with Crippen LogP contribution in [0.1, 0.15) is 22.3 Å². The highest BCUT2D eigenvalue weighted by Crippen LogP contribution is 2.64. The molecule has 13 aromatic rings. The van der Waals surface area contributed by atoms with Gasteiger partial charge in [0.15, 0.2) is 0 Å². The van der Waals surface area contributed by atoms with Crippen LogP contribution in [0.3, 0.4) is 0 Å². The second-order valence-corrected chi connectivity index (χ2v) is 20.3. The molecule has 2 nitrogen and oxygen atoms in total. The molecule has 2 aliphatic carbocycles. The van der Waals surface area contributed by atoms with E-state index in [0.29, 0.717) is 0 Å². The second-order valence-electron chi connectivity index (χ2n) is 19.2. The van der Waals surface area contributed by atoms with Crippen LogP contribution < -0.4 is 9.80 Å². The molecule has 0 saturated carbocycles. The number of anilines is 6. The Labute approximate surface area is 422 Å². The van der Waals surface area contributed by atoms with E-state index < -0.39 is 5.41 Å². The van der Waals surface area contributed by atoms with Crippen LogP contribution in [0.5, 0.6) is 0 Å². The third-order valence-electron chi connectivity index (χ3n) is 15.4. The Morgan fingerprint density at radius 2 is 0.778 bits per heavy atom. The van der Waals surface area contributed by atoms with Gasteiger partial charge in [0.1, 0.15) is 0 Å². The van der Waals surface area contributed by atoms with Crippen molar-refractivity contribution < 1.29 is 0 Å². The predicted molar refractivity (Wildman–Crippen MR) is 305 cm³/mol. The van der Waals surface area contributed by atoms with E-state index in [2.05, 4.69) is 277 Å². The fraction of sp³-hybridized carbons (Fsp3) is 0.0145. The maximum Gasteiger partial charge on any atom is 0.0727 e. The molecule has 0 radical (unpaired) electrons. The van der Waals surface area contributed by atoms with Gasteiger partial charge in [0, 0.05) is 48.5 Å². The van der Waals surface area contributed by atoms with E-state index in [1.807, 2.05) is 11.3 Å². The van der Waals surface area contributed by atoms with Gasteiger partial charge in [-0.25, -0.2) is 0 Å². The maximum absolute atomic E-state index is 2.53. The quantitative estimate of drug-likeness (QED) is 0.157. The average Bonchev–Trinajstić information content (AvgIpc) is 4.08. The van der Waals surface area contributed by atoms with E-state index in [0.717, 1.165) is 28.4 Å². The van der Waals surface area contributed by atoms with Gasteiger partial charge in [-0.1, -0.05) is 188 Å². The summed E-state index contributed by atoms with van der Waals surface area (Å²) in [5.41, 5.74) is 18.8. The van der Waals surface area contributed by atoms with Gasteiger partial charge in [-0.2, -0.15) is 0 Å². The lowest BCUT2D eigenvalue weighted by atomic mass is 9.70. The summed E-state index contributed by atoms with van der Waals surface area (Å²) in [5, 5.41) is 7.39. The minimum absolute atomic E-state index is 0.617. The molecule has 0 aliphatic heterocycles. The summed E-state index contributed by atoms with van der Waals surface area (Å²) < 4.78 is 2.58. The molecule has 1 heterocycles. The Morgan fingerprint density at radius 1 is 0.278 bits per heavy atom. The smallest absolute Gasteiger partial charge is 0.0727 e. The first-order valence-electron chi connectivity index (χ1n) is 24.8. The van der Waals surface area contributed by atoms with Crippen molar-refractivity contribution in [3.8, 4) is 33.4 Å². The van der Waals surface area contributed by atoms with E-state index in [4.69, 9.17) is 0 Å². The molecule has 12 aromatic carbocycles. The highest BCUT2D eigenvalue weighted by molar-refractivity contribution is 7.26. The van der Waals surface area contributed by atoms with Crippen LogP contribution in [-0.2, 0) is 5.41 Å². The summed E-state index contributed by atoms with van der Waals surface area (Å²) in [5.74, 6) is 0. The second kappa shape index (κ2) is 16.0. The highest BCUT2D eigenvalue weighted by atomic mass is 32.1. The van der Waals surface area contributed by atoms with E-state index in [1.54, 1.807) is 0 Å². The fourth-order valence-electron chi connectivity index (χ4n) is 12.3. The largest absolute Gasteiger partial charge is 0.310 e. The summed E-state index contributed by atoms with van der Waals surface area (Å²) in [6.45, 7) is 0. The summed E-state index contributed by atoms with van der Waals surface area (Å²) in [4.78, 5) is 5.00. The van der Waals surface area contributed by atoms with Crippen molar-refractivity contribution >= 4 is 87.2 Å². The van der Waals surface area contributed by atoms with Gasteiger partial charge in [0.05, 0.1) is 16.8 Å². The molecule has 1 spiro atoms.